The van der Waals surface area contributed by atoms with Gasteiger partial charge in [0.05, 0.1) is 12.9 Å². The molecule has 1 saturated heterocycles. The van der Waals surface area contributed by atoms with Gasteiger partial charge in [-0.25, -0.2) is 4.98 Å². The maximum Gasteiger partial charge on any atom is 0.363 e. The number of ether oxygens (including phenoxy) is 1. The van der Waals surface area contributed by atoms with Crippen molar-refractivity contribution in [2.75, 3.05) is 31.2 Å². The Bertz CT molecular complexity index is 1040. The molecule has 176 valence electrons. The first-order chi connectivity index (χ1) is 15.0. The summed E-state index contributed by atoms with van der Waals surface area (Å²) in [5.74, 6) is -4.02. The van der Waals surface area contributed by atoms with Crippen LogP contribution in [0.25, 0.3) is 0 Å². The molecule has 1 fully saturated rings. The lowest BCUT2D eigenvalue weighted by Crippen LogP contribution is -2.71. The number of aromatic nitrogens is 1. The Kier molecular flexibility index (Phi) is 8.79. The molecule has 2 heterocycles. The van der Waals surface area contributed by atoms with E-state index in [-0.39, 0.29) is 32.5 Å². The van der Waals surface area contributed by atoms with Crippen molar-refractivity contribution in [3.8, 4) is 0 Å². The second-order valence-electron chi connectivity index (χ2n) is 5.68. The van der Waals surface area contributed by atoms with E-state index in [0.717, 1.165) is 25.6 Å². The fraction of sp³-hybridized carbons (Fsp3) is 0.429. The van der Waals surface area contributed by atoms with Crippen molar-refractivity contribution >= 4 is 79.5 Å². The van der Waals surface area contributed by atoms with Gasteiger partial charge in [-0.1, -0.05) is 5.16 Å². The molecule has 1 aliphatic rings. The van der Waals surface area contributed by atoms with Crippen molar-refractivity contribution in [2.24, 2.45) is 5.16 Å². The molecule has 1 aliphatic heterocycles. The third-order valence-electron chi connectivity index (χ3n) is 3.65. The first kappa shape index (κ1) is 25.8. The minimum atomic E-state index is -4.94. The Morgan fingerprint density at radius 1 is 1.41 bits per heavy atom. The van der Waals surface area contributed by atoms with Gasteiger partial charge in [0.1, 0.15) is 30.1 Å². The number of thioether (sulfide) groups is 1. The maximum absolute atomic E-state index is 12.7. The second-order valence-corrected chi connectivity index (χ2v) is 9.20. The van der Waals surface area contributed by atoms with Crippen LogP contribution in [-0.2, 0) is 39.1 Å². The van der Waals surface area contributed by atoms with Gasteiger partial charge in [0, 0.05) is 5.38 Å². The van der Waals surface area contributed by atoms with Crippen molar-refractivity contribution < 1.29 is 41.7 Å². The van der Waals surface area contributed by atoms with Crippen LogP contribution in [0.5, 0.6) is 0 Å². The summed E-state index contributed by atoms with van der Waals surface area (Å²) in [6.07, 6.45) is 0. The Morgan fingerprint density at radius 2 is 2.09 bits per heavy atom. The highest BCUT2D eigenvalue weighted by atomic mass is 35.5. The number of carbonyl (C=O) groups is 4. The van der Waals surface area contributed by atoms with Gasteiger partial charge < -0.3 is 20.2 Å². The van der Waals surface area contributed by atoms with E-state index in [9.17, 15) is 32.1 Å². The van der Waals surface area contributed by atoms with Gasteiger partial charge in [0.2, 0.25) is 5.91 Å². The standard InChI is InChI=1S/C14H16ClN5O9S3/c1-28-8(22)5-30-13-10(12(24)20(13)32(25,26)27)18-11(23)9(19-29-2)6-4-31-14(16-6)17-7(21)3-15/h4,10,13H,3,5H2,1-2H3,(H,18,23)(H,16,17,21)(H,25,26,27)/t10-,13+/m1/s1. The molecule has 1 aromatic rings. The summed E-state index contributed by atoms with van der Waals surface area (Å²) in [4.78, 5) is 56.3. The molecule has 0 radical (unpaired) electrons. The zero-order valence-corrected chi connectivity index (χ0v) is 19.5. The van der Waals surface area contributed by atoms with Crippen LogP contribution in [0.2, 0.25) is 0 Å². The Hall–Kier alpha value is -2.47. The van der Waals surface area contributed by atoms with Gasteiger partial charge in [0.25, 0.3) is 11.8 Å². The third kappa shape index (κ3) is 6.06. The number of anilines is 1. The SMILES string of the molecule is CON=C(C(=O)N[C@@H]1C(=O)N(S(=O)(=O)O)[C@H]1SCC(=O)OC)c1csc(NC(=O)CCl)n1. The number of nitrogens with zero attached hydrogens (tertiary/aromatic N) is 3. The van der Waals surface area contributed by atoms with Gasteiger partial charge in [-0.3, -0.25) is 23.7 Å². The Morgan fingerprint density at radius 3 is 2.66 bits per heavy atom. The Balaban J connectivity index is 2.21. The zero-order chi connectivity index (χ0) is 24.1. The summed E-state index contributed by atoms with van der Waals surface area (Å²) in [6, 6.07) is -1.42. The number of thiazole rings is 1. The van der Waals surface area contributed by atoms with Gasteiger partial charge >= 0.3 is 16.3 Å². The van der Waals surface area contributed by atoms with Crippen molar-refractivity contribution in [1.29, 1.82) is 0 Å². The topological polar surface area (TPSA) is 194 Å². The molecule has 1 aromatic heterocycles. The molecule has 2 rings (SSSR count). The van der Waals surface area contributed by atoms with E-state index in [1.54, 1.807) is 0 Å². The third-order valence-corrected chi connectivity index (χ3v) is 6.91. The monoisotopic (exact) mass is 529 g/mol. The Labute approximate surface area is 194 Å². The molecule has 14 nitrogen and oxygen atoms in total. The fourth-order valence-corrected chi connectivity index (χ4v) is 5.34. The predicted octanol–water partition coefficient (Wildman–Crippen LogP) is -0.967. The minimum Gasteiger partial charge on any atom is -0.468 e. The molecule has 0 aliphatic carbocycles. The van der Waals surface area contributed by atoms with Crippen LogP contribution in [0.3, 0.4) is 0 Å². The van der Waals surface area contributed by atoms with Gasteiger partial charge in [-0.05, 0) is 0 Å². The number of hydrogen-bond acceptors (Lipinski definition) is 12. The molecule has 3 N–H and O–H groups in total. The second kappa shape index (κ2) is 10.9. The highest BCUT2D eigenvalue weighted by molar-refractivity contribution is 8.01. The summed E-state index contributed by atoms with van der Waals surface area (Å²) in [5.41, 5.74) is -0.402. The molecular weight excluding hydrogens is 514 g/mol. The van der Waals surface area contributed by atoms with Crippen molar-refractivity contribution in [3.05, 3.63) is 11.1 Å². The van der Waals surface area contributed by atoms with Gasteiger partial charge in [-0.15, -0.1) is 34.7 Å². The van der Waals surface area contributed by atoms with Crippen LogP contribution in [0.4, 0.5) is 5.13 Å². The fourth-order valence-electron chi connectivity index (χ4n) is 2.29. The summed E-state index contributed by atoms with van der Waals surface area (Å²) >= 11 is 7.02. The molecule has 18 heteroatoms. The van der Waals surface area contributed by atoms with E-state index < -0.39 is 45.4 Å². The number of rotatable bonds is 10. The van der Waals surface area contributed by atoms with E-state index in [4.69, 9.17) is 11.6 Å². The highest BCUT2D eigenvalue weighted by Gasteiger charge is 2.54. The number of nitrogens with one attached hydrogen (secondary N) is 2. The van der Waals surface area contributed by atoms with Gasteiger partial charge in [0.15, 0.2) is 10.8 Å². The van der Waals surface area contributed by atoms with E-state index in [1.807, 2.05) is 0 Å². The quantitative estimate of drug-likeness (QED) is 0.0842. The first-order valence-electron chi connectivity index (χ1n) is 8.26. The number of β-lactam (4-membered cyclic amide) rings is 1. The largest absolute Gasteiger partial charge is 0.468 e. The maximum atomic E-state index is 12.7. The number of amides is 3. The zero-order valence-electron chi connectivity index (χ0n) is 16.3. The van der Waals surface area contributed by atoms with Crippen LogP contribution in [-0.4, -0.2) is 88.9 Å². The van der Waals surface area contributed by atoms with Crippen molar-refractivity contribution in [1.82, 2.24) is 14.6 Å². The van der Waals surface area contributed by atoms with Crippen molar-refractivity contribution in [3.63, 3.8) is 0 Å². The molecule has 32 heavy (non-hydrogen) atoms. The molecule has 0 saturated carbocycles. The minimum absolute atomic E-state index is 0.0172. The van der Waals surface area contributed by atoms with E-state index in [1.165, 1.54) is 5.38 Å². The predicted molar refractivity (Wildman–Crippen MR) is 114 cm³/mol. The number of halogens is 1. The molecule has 0 bridgehead atoms. The summed E-state index contributed by atoms with van der Waals surface area (Å²) in [5, 5.41) is 8.39. The van der Waals surface area contributed by atoms with Crippen molar-refractivity contribution in [2.45, 2.75) is 11.4 Å². The molecule has 0 aromatic carbocycles. The highest BCUT2D eigenvalue weighted by Crippen LogP contribution is 2.32. The summed E-state index contributed by atoms with van der Waals surface area (Å²) in [7, 11) is -2.68. The van der Waals surface area contributed by atoms with Crippen LogP contribution < -0.4 is 10.6 Å². The molecule has 0 unspecified atom stereocenters. The molecular formula is C14H16ClN5O9S3. The smallest absolute Gasteiger partial charge is 0.363 e. The average molecular weight is 530 g/mol. The van der Waals surface area contributed by atoms with E-state index in [2.05, 4.69) is 30.3 Å². The number of hydrogen-bond donors (Lipinski definition) is 3. The van der Waals surface area contributed by atoms with Crippen LogP contribution in [0.15, 0.2) is 10.5 Å². The van der Waals surface area contributed by atoms with E-state index in [0.29, 0.717) is 11.8 Å². The number of alkyl halides is 1. The number of esters is 1. The summed E-state index contributed by atoms with van der Waals surface area (Å²) < 4.78 is 36.8. The number of methoxy groups -OCH3 is 1. The molecule has 3 amide bonds. The number of carbonyl (C=O) groups excluding carboxylic acids is 4. The van der Waals surface area contributed by atoms with E-state index >= 15 is 0 Å². The summed E-state index contributed by atoms with van der Waals surface area (Å²) in [6.45, 7) is 0. The lowest BCUT2D eigenvalue weighted by atomic mass is 10.1. The lowest BCUT2D eigenvalue weighted by molar-refractivity contribution is -0.141. The molecule has 2 atom stereocenters. The van der Waals surface area contributed by atoms with Crippen LogP contribution >= 0.6 is 34.7 Å². The average Bonchev–Trinajstić information content (AvgIpc) is 3.19. The first-order valence-corrected chi connectivity index (χ1v) is 12.1. The molecule has 0 spiro atoms. The van der Waals surface area contributed by atoms with Crippen LogP contribution in [0, 0.1) is 0 Å². The number of oxime groups is 1. The lowest BCUT2D eigenvalue weighted by Gasteiger charge is -2.43. The van der Waals surface area contributed by atoms with Gasteiger partial charge in [-0.2, -0.15) is 12.7 Å². The van der Waals surface area contributed by atoms with Crippen LogP contribution in [0.1, 0.15) is 5.69 Å². The normalized spacial score (nSPS) is 18.6.